The van der Waals surface area contributed by atoms with Crippen molar-refractivity contribution >= 4 is 50.0 Å². The second-order valence-corrected chi connectivity index (χ2v) is 14.9. The number of hydrogen-bond acceptors (Lipinski definition) is 9. The number of sulfone groups is 1. The Balaban J connectivity index is 1.12. The first-order valence-corrected chi connectivity index (χ1v) is 18.7. The van der Waals surface area contributed by atoms with Crippen LogP contribution in [0.4, 0.5) is 0 Å². The molecule has 5 aromatic rings. The van der Waals surface area contributed by atoms with E-state index in [0.29, 0.717) is 53.2 Å². The number of carbonyl (C=O) groups excluding carboxylic acids is 1. The van der Waals surface area contributed by atoms with Crippen LogP contribution in [0.1, 0.15) is 24.0 Å². The summed E-state index contributed by atoms with van der Waals surface area (Å²) in [7, 11) is 0.261. The largest absolute Gasteiger partial charge is 0.496 e. The van der Waals surface area contributed by atoms with E-state index in [4.69, 9.17) is 32.9 Å². The van der Waals surface area contributed by atoms with Crippen molar-refractivity contribution in [1.82, 2.24) is 35.6 Å². The van der Waals surface area contributed by atoms with E-state index in [-0.39, 0.29) is 11.9 Å². The number of aromatic nitrogens is 3. The van der Waals surface area contributed by atoms with Crippen molar-refractivity contribution < 1.29 is 17.9 Å². The minimum absolute atomic E-state index is 0.0988. The molecule has 5 heterocycles. The molecule has 51 heavy (non-hydrogen) atoms. The predicted molar refractivity (Wildman–Crippen MR) is 200 cm³/mol. The van der Waals surface area contributed by atoms with Gasteiger partial charge in [0.15, 0.2) is 9.84 Å². The molecule has 7 rings (SSSR count). The summed E-state index contributed by atoms with van der Waals surface area (Å²) < 4.78 is 31.0. The number of hydrazine groups is 1. The van der Waals surface area contributed by atoms with Gasteiger partial charge in [0.1, 0.15) is 11.4 Å². The van der Waals surface area contributed by atoms with Crippen molar-refractivity contribution in [1.29, 1.82) is 0 Å². The van der Waals surface area contributed by atoms with Crippen molar-refractivity contribution in [3.8, 4) is 39.4 Å². The van der Waals surface area contributed by atoms with E-state index in [9.17, 15) is 13.2 Å². The van der Waals surface area contributed by atoms with Gasteiger partial charge in [0.05, 0.1) is 39.4 Å². The summed E-state index contributed by atoms with van der Waals surface area (Å²) in [4.78, 5) is 21.1. The van der Waals surface area contributed by atoms with Gasteiger partial charge in [-0.15, -0.1) is 0 Å². The first-order chi connectivity index (χ1) is 24.6. The molecule has 3 N–H and O–H groups in total. The number of pyridine rings is 2. The molecule has 2 aliphatic rings. The van der Waals surface area contributed by atoms with Crippen molar-refractivity contribution in [2.75, 3.05) is 13.7 Å². The van der Waals surface area contributed by atoms with Crippen molar-refractivity contribution in [3.63, 3.8) is 0 Å². The van der Waals surface area contributed by atoms with Crippen LogP contribution < -0.4 is 20.8 Å². The van der Waals surface area contributed by atoms with E-state index in [1.54, 1.807) is 18.3 Å². The van der Waals surface area contributed by atoms with Crippen LogP contribution in [-0.4, -0.2) is 53.6 Å². The maximum Gasteiger partial charge on any atom is 0.220 e. The molecule has 0 spiro atoms. The zero-order valence-corrected chi connectivity index (χ0v) is 30.2. The number of hydrogen-bond donors (Lipinski definition) is 3. The zero-order valence-electron chi connectivity index (χ0n) is 27.9. The number of nitrogens with zero attached hydrogens (tertiary/aromatic N) is 4. The molecular weight excluding hydrogens is 709 g/mol. The number of rotatable bonds is 11. The van der Waals surface area contributed by atoms with Gasteiger partial charge in [-0.25, -0.2) is 18.8 Å². The summed E-state index contributed by atoms with van der Waals surface area (Å²) in [5, 5.41) is 12.2. The second-order valence-electron chi connectivity index (χ2n) is 12.4. The van der Waals surface area contributed by atoms with Crippen LogP contribution in [0.2, 0.25) is 10.0 Å². The summed E-state index contributed by atoms with van der Waals surface area (Å²) in [6, 6.07) is 17.6. The molecular formula is C37H35Cl2N7O4S. The van der Waals surface area contributed by atoms with E-state index >= 15 is 0 Å². The van der Waals surface area contributed by atoms with Crippen LogP contribution in [0.5, 0.6) is 5.75 Å². The topological polar surface area (TPSA) is 130 Å². The van der Waals surface area contributed by atoms with E-state index < -0.39 is 9.84 Å². The van der Waals surface area contributed by atoms with Crippen molar-refractivity contribution in [2.45, 2.75) is 32.0 Å². The van der Waals surface area contributed by atoms with Gasteiger partial charge >= 0.3 is 0 Å². The van der Waals surface area contributed by atoms with E-state index in [2.05, 4.69) is 21.0 Å². The maximum absolute atomic E-state index is 11.6. The van der Waals surface area contributed by atoms with Gasteiger partial charge in [-0.2, -0.15) is 0 Å². The van der Waals surface area contributed by atoms with Gasteiger partial charge in [0.2, 0.25) is 5.91 Å². The van der Waals surface area contributed by atoms with Crippen LogP contribution >= 0.6 is 23.2 Å². The maximum atomic E-state index is 11.6. The molecule has 0 radical (unpaired) electrons. The molecule has 0 unspecified atom stereocenters. The number of fused-ring (bicyclic) bond motifs is 1. The van der Waals surface area contributed by atoms with Gasteiger partial charge in [0.25, 0.3) is 0 Å². The molecule has 1 saturated heterocycles. The lowest BCUT2D eigenvalue weighted by Crippen LogP contribution is -2.35. The van der Waals surface area contributed by atoms with Crippen LogP contribution in [0.25, 0.3) is 44.7 Å². The molecule has 2 aromatic carbocycles. The smallest absolute Gasteiger partial charge is 0.220 e. The van der Waals surface area contributed by atoms with Crippen LogP contribution in [-0.2, 0) is 34.8 Å². The fraction of sp³-hybridized carbons (Fsp3) is 0.216. The molecule has 11 nitrogen and oxygen atoms in total. The molecule has 3 aromatic heterocycles. The monoisotopic (exact) mass is 743 g/mol. The minimum Gasteiger partial charge on any atom is -0.496 e. The SMILES string of the molecule is COc1cc(-c2nccc(-c3cccc(-c4ccc5c(CNN6C=CS(=O)(=O)C=C6)cn(C)c5n4)c3Cl)c2Cl)ccc1CNC[C@@H]1CCC(=O)N1. The van der Waals surface area contributed by atoms with Crippen LogP contribution in [0.3, 0.4) is 0 Å². The number of nitrogens with one attached hydrogen (secondary N) is 3. The number of halogens is 2. The normalized spacial score (nSPS) is 16.6. The summed E-state index contributed by atoms with van der Waals surface area (Å²) in [6.45, 7) is 1.73. The number of methoxy groups -OCH3 is 1. The molecule has 0 saturated carbocycles. The predicted octanol–water partition coefficient (Wildman–Crippen LogP) is 6.33. The number of aryl methyl sites for hydroxylation is 1. The van der Waals surface area contributed by atoms with E-state index in [1.165, 1.54) is 12.4 Å². The lowest BCUT2D eigenvalue weighted by molar-refractivity contribution is -0.119. The van der Waals surface area contributed by atoms with E-state index in [1.807, 2.05) is 72.4 Å². The highest BCUT2D eigenvalue weighted by atomic mass is 35.5. The summed E-state index contributed by atoms with van der Waals surface area (Å²) in [6.07, 6.45) is 8.06. The zero-order chi connectivity index (χ0) is 35.7. The van der Waals surface area contributed by atoms with Gasteiger partial charge in [-0.05, 0) is 36.2 Å². The van der Waals surface area contributed by atoms with Gasteiger partial charge in [-0.3, -0.25) is 14.8 Å². The summed E-state index contributed by atoms with van der Waals surface area (Å²) in [5.41, 5.74) is 10.3. The van der Waals surface area contributed by atoms with Gasteiger partial charge < -0.3 is 19.9 Å². The third-order valence-corrected chi connectivity index (χ3v) is 10.8. The third kappa shape index (κ3) is 7.37. The molecule has 0 aliphatic carbocycles. The number of carbonyl (C=O) groups is 1. The molecule has 262 valence electrons. The summed E-state index contributed by atoms with van der Waals surface area (Å²) in [5.74, 6) is 0.803. The average Bonchev–Trinajstić information content (AvgIpc) is 3.69. The average molecular weight is 745 g/mol. The number of benzene rings is 2. The lowest BCUT2D eigenvalue weighted by atomic mass is 9.99. The highest BCUT2D eigenvalue weighted by Crippen LogP contribution is 2.42. The van der Waals surface area contributed by atoms with Gasteiger partial charge in [-0.1, -0.05) is 53.5 Å². The Hall–Kier alpha value is -4.72. The van der Waals surface area contributed by atoms with E-state index in [0.717, 1.165) is 61.7 Å². The van der Waals surface area contributed by atoms with Gasteiger partial charge in [0, 0.05) is 97.1 Å². The quantitative estimate of drug-likeness (QED) is 0.142. The van der Waals surface area contributed by atoms with Crippen molar-refractivity contribution in [3.05, 3.63) is 111 Å². The molecule has 1 amide bonds. The molecule has 1 atom stereocenters. The van der Waals surface area contributed by atoms with Crippen LogP contribution in [0, 0.1) is 0 Å². The molecule has 1 fully saturated rings. The minimum atomic E-state index is -3.31. The number of ether oxygens (including phenoxy) is 1. The standard InChI is InChI=1S/C37H35Cl2N7O4S/c1-45-22-25(20-42-46-14-16-51(48,49)17-15-46)27-9-10-31(44-37(27)45)30-5-3-4-28(34(30)38)29-12-13-41-36(35(29)39)23-6-7-24(32(18-23)50-2)19-40-21-26-8-11-33(47)43-26/h3-7,9-10,12-18,22,26,40,42H,8,11,19-21H2,1-2H3,(H,43,47)/t26-/m0/s1. The highest BCUT2D eigenvalue weighted by Gasteiger charge is 2.21. The Morgan fingerprint density at radius 1 is 0.980 bits per heavy atom. The fourth-order valence-corrected chi connectivity index (χ4v) is 7.68. The first kappa shape index (κ1) is 34.7. The Bertz CT molecular complexity index is 2300. The number of amides is 1. The summed E-state index contributed by atoms with van der Waals surface area (Å²) >= 11 is 14.2. The lowest BCUT2D eigenvalue weighted by Gasteiger charge is -2.18. The van der Waals surface area contributed by atoms with Crippen LogP contribution in [0.15, 0.2) is 90.2 Å². The third-order valence-electron chi connectivity index (χ3n) is 8.98. The molecule has 14 heteroatoms. The fourth-order valence-electron chi connectivity index (χ4n) is 6.34. The Kier molecular flexibility index (Phi) is 9.86. The second kappa shape index (κ2) is 14.5. The first-order valence-electron chi connectivity index (χ1n) is 16.3. The Labute approximate surface area is 305 Å². The molecule has 2 aliphatic heterocycles. The molecule has 0 bridgehead atoms. The van der Waals surface area contributed by atoms with Crippen molar-refractivity contribution in [2.24, 2.45) is 7.05 Å². The Morgan fingerprint density at radius 3 is 2.53 bits per heavy atom. The Morgan fingerprint density at radius 2 is 1.76 bits per heavy atom. The highest BCUT2D eigenvalue weighted by molar-refractivity contribution is 7.97.